The molecule has 0 fully saturated rings. The van der Waals surface area contributed by atoms with Crippen molar-refractivity contribution in [1.82, 2.24) is 14.9 Å². The lowest BCUT2D eigenvalue weighted by Crippen LogP contribution is -2.41. The number of rotatable bonds is 8. The van der Waals surface area contributed by atoms with Crippen LogP contribution in [0.1, 0.15) is 16.8 Å². The number of hydrogen-bond donors (Lipinski definition) is 2. The van der Waals surface area contributed by atoms with E-state index in [0.717, 1.165) is 23.2 Å². The molecule has 1 unspecified atom stereocenters. The van der Waals surface area contributed by atoms with Crippen LogP contribution >= 0.6 is 0 Å². The Morgan fingerprint density at radius 3 is 2.34 bits per heavy atom. The Hall–Kier alpha value is -3.12. The summed E-state index contributed by atoms with van der Waals surface area (Å²) in [4.78, 5) is 23.8. The highest BCUT2D eigenvalue weighted by molar-refractivity contribution is 5.32. The first kappa shape index (κ1) is 20.6. The number of anilines is 1. The van der Waals surface area contributed by atoms with Crippen LogP contribution in [0.15, 0.2) is 65.5 Å². The van der Waals surface area contributed by atoms with Gasteiger partial charge in [-0.3, -0.25) is 4.79 Å². The normalized spacial score (nSPS) is 12.1. The highest BCUT2D eigenvalue weighted by Gasteiger charge is 2.17. The van der Waals surface area contributed by atoms with Crippen molar-refractivity contribution in [2.45, 2.75) is 18.9 Å². The van der Waals surface area contributed by atoms with Gasteiger partial charge in [-0.05, 0) is 43.8 Å². The fourth-order valence-electron chi connectivity index (χ4n) is 3.30. The number of phenolic OH excluding ortho intramolecular Hbond substituents is 1. The van der Waals surface area contributed by atoms with Crippen LogP contribution in [0.25, 0.3) is 0 Å². The van der Waals surface area contributed by atoms with E-state index in [1.54, 1.807) is 18.2 Å². The molecule has 6 nitrogen and oxygen atoms in total. The van der Waals surface area contributed by atoms with Crippen molar-refractivity contribution in [2.75, 3.05) is 32.6 Å². The molecule has 152 valence electrons. The molecule has 0 radical (unpaired) electrons. The van der Waals surface area contributed by atoms with E-state index in [4.69, 9.17) is 0 Å². The molecule has 3 rings (SSSR count). The van der Waals surface area contributed by atoms with Gasteiger partial charge in [-0.25, -0.2) is 0 Å². The van der Waals surface area contributed by atoms with Crippen molar-refractivity contribution >= 4 is 5.95 Å². The zero-order valence-electron chi connectivity index (χ0n) is 17.2. The van der Waals surface area contributed by atoms with Gasteiger partial charge in [0.15, 0.2) is 0 Å². The van der Waals surface area contributed by atoms with E-state index in [1.807, 2.05) is 68.5 Å². The summed E-state index contributed by atoms with van der Waals surface area (Å²) >= 11 is 0. The first-order chi connectivity index (χ1) is 13.9. The maximum Gasteiger partial charge on any atom is 0.274 e. The van der Waals surface area contributed by atoms with E-state index >= 15 is 0 Å². The zero-order valence-corrected chi connectivity index (χ0v) is 17.2. The molecule has 2 N–H and O–H groups in total. The number of aromatic nitrogens is 2. The Morgan fingerprint density at radius 1 is 1.00 bits per heavy atom. The molecule has 0 aliphatic carbocycles. The second kappa shape index (κ2) is 9.39. The lowest BCUT2D eigenvalue weighted by atomic mass is 10.0. The summed E-state index contributed by atoms with van der Waals surface area (Å²) < 4.78 is 0. The molecular weight excluding hydrogens is 364 g/mol. The van der Waals surface area contributed by atoms with Crippen molar-refractivity contribution in [3.05, 3.63) is 87.8 Å². The number of aromatic hydroxyl groups is 1. The summed E-state index contributed by atoms with van der Waals surface area (Å²) in [5, 5.41) is 9.49. The number of phenols is 1. The van der Waals surface area contributed by atoms with Gasteiger partial charge in [0.1, 0.15) is 5.75 Å². The van der Waals surface area contributed by atoms with Crippen molar-refractivity contribution in [3.63, 3.8) is 0 Å². The summed E-state index contributed by atoms with van der Waals surface area (Å²) in [5.41, 5.74) is 2.89. The van der Waals surface area contributed by atoms with Crippen LogP contribution < -0.4 is 10.5 Å². The average Bonchev–Trinajstić information content (AvgIpc) is 2.69. The number of aromatic amines is 1. The molecule has 0 amide bonds. The van der Waals surface area contributed by atoms with Crippen molar-refractivity contribution < 1.29 is 5.11 Å². The Balaban J connectivity index is 1.74. The van der Waals surface area contributed by atoms with E-state index in [2.05, 4.69) is 14.9 Å². The van der Waals surface area contributed by atoms with Crippen LogP contribution in [0.3, 0.4) is 0 Å². The minimum atomic E-state index is -0.239. The quantitative estimate of drug-likeness (QED) is 0.617. The standard InChI is InChI=1S/C23H28N4O2/c1-26(2)20(14-18-9-11-21(28)12-10-18)16-27(3)23-24-19(15-22(29)25-23)13-17-7-5-4-6-8-17/h4-12,15,20,28H,13-14,16H2,1-3H3,(H,24,25,29). The molecule has 6 heteroatoms. The molecule has 0 aliphatic heterocycles. The van der Waals surface area contributed by atoms with Crippen molar-refractivity contribution in [3.8, 4) is 5.75 Å². The monoisotopic (exact) mass is 392 g/mol. The van der Waals surface area contributed by atoms with E-state index in [0.29, 0.717) is 18.9 Å². The maximum atomic E-state index is 12.2. The van der Waals surface area contributed by atoms with Gasteiger partial charge in [0.2, 0.25) is 5.95 Å². The molecule has 1 heterocycles. The molecule has 0 saturated carbocycles. The van der Waals surface area contributed by atoms with Gasteiger partial charge < -0.3 is 19.9 Å². The number of nitrogens with one attached hydrogen (secondary N) is 1. The Labute approximate surface area is 171 Å². The molecule has 2 aromatic carbocycles. The van der Waals surface area contributed by atoms with Crippen LogP contribution in [0.2, 0.25) is 0 Å². The Kier molecular flexibility index (Phi) is 6.67. The topological polar surface area (TPSA) is 72.5 Å². The van der Waals surface area contributed by atoms with Crippen LogP contribution in [0, 0.1) is 0 Å². The van der Waals surface area contributed by atoms with Gasteiger partial charge in [-0.2, -0.15) is 4.98 Å². The fraction of sp³-hybridized carbons (Fsp3) is 0.304. The van der Waals surface area contributed by atoms with Gasteiger partial charge in [0.05, 0.1) is 0 Å². The van der Waals surface area contributed by atoms with Gasteiger partial charge in [0, 0.05) is 37.8 Å². The largest absolute Gasteiger partial charge is 0.508 e. The average molecular weight is 393 g/mol. The molecule has 0 spiro atoms. The van der Waals surface area contributed by atoms with Crippen LogP contribution in [-0.4, -0.2) is 53.7 Å². The number of nitrogens with zero attached hydrogens (tertiary/aromatic N) is 3. The minimum Gasteiger partial charge on any atom is -0.508 e. The third-order valence-corrected chi connectivity index (χ3v) is 5.01. The first-order valence-electron chi connectivity index (χ1n) is 9.70. The maximum absolute atomic E-state index is 12.2. The predicted octanol–water partition coefficient (Wildman–Crippen LogP) is 2.68. The summed E-state index contributed by atoms with van der Waals surface area (Å²) in [5.74, 6) is 0.838. The highest BCUT2D eigenvalue weighted by Crippen LogP contribution is 2.15. The van der Waals surface area contributed by atoms with Gasteiger partial charge in [0.25, 0.3) is 5.56 Å². The number of benzene rings is 2. The second-order valence-electron chi connectivity index (χ2n) is 7.60. The van der Waals surface area contributed by atoms with Gasteiger partial charge >= 0.3 is 0 Å². The lowest BCUT2D eigenvalue weighted by molar-refractivity contribution is 0.294. The fourth-order valence-corrected chi connectivity index (χ4v) is 3.30. The van der Waals surface area contributed by atoms with Gasteiger partial charge in [-0.15, -0.1) is 0 Å². The molecule has 0 aliphatic rings. The van der Waals surface area contributed by atoms with E-state index in [1.165, 1.54) is 0 Å². The number of H-pyrrole nitrogens is 1. The first-order valence-corrected chi connectivity index (χ1v) is 9.70. The van der Waals surface area contributed by atoms with Gasteiger partial charge in [-0.1, -0.05) is 42.5 Å². The highest BCUT2D eigenvalue weighted by atomic mass is 16.3. The van der Waals surface area contributed by atoms with E-state index in [-0.39, 0.29) is 17.4 Å². The van der Waals surface area contributed by atoms with Crippen molar-refractivity contribution in [2.24, 2.45) is 0 Å². The lowest BCUT2D eigenvalue weighted by Gasteiger charge is -2.29. The Bertz CT molecular complexity index is 968. The van der Waals surface area contributed by atoms with Crippen LogP contribution in [-0.2, 0) is 12.8 Å². The third-order valence-electron chi connectivity index (χ3n) is 5.01. The molecule has 3 aromatic rings. The molecule has 1 atom stereocenters. The summed E-state index contributed by atoms with van der Waals surface area (Å²) in [6.45, 7) is 0.700. The number of likely N-dealkylation sites (N-methyl/N-ethyl adjacent to an activating group) is 2. The third kappa shape index (κ3) is 5.93. The molecule has 0 bridgehead atoms. The molecule has 0 saturated heterocycles. The summed E-state index contributed by atoms with van der Waals surface area (Å²) in [6, 6.07) is 19.1. The summed E-state index contributed by atoms with van der Waals surface area (Å²) in [7, 11) is 6.03. The van der Waals surface area contributed by atoms with E-state index in [9.17, 15) is 9.90 Å². The zero-order chi connectivity index (χ0) is 20.8. The SMILES string of the molecule is CN(CC(Cc1ccc(O)cc1)N(C)C)c1nc(=O)cc(Cc2ccccc2)[nH]1. The summed E-state index contributed by atoms with van der Waals surface area (Å²) in [6.07, 6.45) is 1.48. The molecule has 29 heavy (non-hydrogen) atoms. The second-order valence-corrected chi connectivity index (χ2v) is 7.60. The Morgan fingerprint density at radius 2 is 1.69 bits per heavy atom. The van der Waals surface area contributed by atoms with Crippen LogP contribution in [0.5, 0.6) is 5.75 Å². The van der Waals surface area contributed by atoms with E-state index < -0.39 is 0 Å². The minimum absolute atomic E-state index is 0.215. The van der Waals surface area contributed by atoms with Crippen LogP contribution in [0.4, 0.5) is 5.95 Å². The van der Waals surface area contributed by atoms with Crippen molar-refractivity contribution in [1.29, 1.82) is 0 Å². The smallest absolute Gasteiger partial charge is 0.274 e. The predicted molar refractivity (Wildman–Crippen MR) is 117 cm³/mol. The molecule has 1 aromatic heterocycles. The molecular formula is C23H28N4O2. The number of hydrogen-bond acceptors (Lipinski definition) is 5.